The van der Waals surface area contributed by atoms with E-state index < -0.39 is 23.6 Å². The molecule has 0 spiro atoms. The monoisotopic (exact) mass is 346 g/mol. The number of carboxylic acids is 1. The lowest BCUT2D eigenvalue weighted by atomic mass is 9.84. The molecule has 1 aliphatic rings. The number of benzene rings is 1. The molecule has 1 unspecified atom stereocenters. The molecule has 1 aromatic rings. The molecule has 0 aliphatic heterocycles. The van der Waals surface area contributed by atoms with Gasteiger partial charge in [0, 0.05) is 15.6 Å². The number of esters is 1. The number of hydrogen-bond acceptors (Lipinski definition) is 4. The molecule has 22 heavy (non-hydrogen) atoms. The zero-order chi connectivity index (χ0) is 16.3. The molecule has 0 aromatic heterocycles. The van der Waals surface area contributed by atoms with Gasteiger partial charge in [0.1, 0.15) is 0 Å². The van der Waals surface area contributed by atoms with Crippen molar-refractivity contribution in [3.05, 3.63) is 33.8 Å². The first-order chi connectivity index (χ1) is 10.4. The first-order valence-corrected chi connectivity index (χ1v) is 7.70. The Bertz CT molecular complexity index is 581. The minimum atomic E-state index is -1.65. The summed E-state index contributed by atoms with van der Waals surface area (Å²) in [6, 6.07) is 4.28. The quantitative estimate of drug-likeness (QED) is 0.816. The van der Waals surface area contributed by atoms with Gasteiger partial charge in [-0.15, -0.1) is 0 Å². The number of aliphatic carboxylic acids is 1. The Balaban J connectivity index is 2.17. The summed E-state index contributed by atoms with van der Waals surface area (Å²) >= 11 is 11.7. The van der Waals surface area contributed by atoms with Crippen LogP contribution in [-0.2, 0) is 14.3 Å². The molecule has 0 amide bonds. The smallest absolute Gasteiger partial charge is 0.348 e. The van der Waals surface area contributed by atoms with E-state index >= 15 is 0 Å². The predicted molar refractivity (Wildman–Crippen MR) is 81.0 cm³/mol. The van der Waals surface area contributed by atoms with E-state index in [9.17, 15) is 19.8 Å². The third-order valence-corrected chi connectivity index (χ3v) is 4.39. The first kappa shape index (κ1) is 17.1. The van der Waals surface area contributed by atoms with Crippen molar-refractivity contribution in [2.45, 2.75) is 43.8 Å². The van der Waals surface area contributed by atoms with Crippen molar-refractivity contribution in [3.8, 4) is 0 Å². The topological polar surface area (TPSA) is 83.8 Å². The summed E-state index contributed by atoms with van der Waals surface area (Å²) in [4.78, 5) is 23.6. The van der Waals surface area contributed by atoms with Crippen LogP contribution in [-0.4, -0.2) is 27.8 Å². The molecule has 1 atom stereocenters. The molecule has 0 bridgehead atoms. The van der Waals surface area contributed by atoms with Gasteiger partial charge in [-0.05, 0) is 37.8 Å². The van der Waals surface area contributed by atoms with Crippen LogP contribution >= 0.6 is 23.2 Å². The largest absolute Gasteiger partial charge is 0.478 e. The maximum Gasteiger partial charge on any atom is 0.348 e. The van der Waals surface area contributed by atoms with Gasteiger partial charge in [0.2, 0.25) is 5.60 Å². The van der Waals surface area contributed by atoms with Crippen LogP contribution in [0.3, 0.4) is 0 Å². The molecule has 1 aliphatic carbocycles. The van der Waals surface area contributed by atoms with Gasteiger partial charge >= 0.3 is 11.9 Å². The second-order valence-electron chi connectivity index (χ2n) is 5.35. The highest BCUT2D eigenvalue weighted by Crippen LogP contribution is 2.34. The van der Waals surface area contributed by atoms with Gasteiger partial charge in [-0.25, -0.2) is 9.59 Å². The third-order valence-electron chi connectivity index (χ3n) is 3.83. The van der Waals surface area contributed by atoms with E-state index in [2.05, 4.69) is 0 Å². The molecule has 5 nitrogen and oxygen atoms in total. The van der Waals surface area contributed by atoms with Gasteiger partial charge in [-0.1, -0.05) is 35.7 Å². The summed E-state index contributed by atoms with van der Waals surface area (Å²) < 4.78 is 5.16. The lowest BCUT2D eigenvalue weighted by molar-refractivity contribution is -0.188. The lowest BCUT2D eigenvalue weighted by Gasteiger charge is -2.33. The molecule has 0 radical (unpaired) electrons. The van der Waals surface area contributed by atoms with Crippen molar-refractivity contribution in [3.63, 3.8) is 0 Å². The van der Waals surface area contributed by atoms with Gasteiger partial charge in [0.05, 0.1) is 0 Å². The van der Waals surface area contributed by atoms with E-state index in [1.54, 1.807) is 0 Å². The molecule has 1 saturated carbocycles. The number of carbonyl (C=O) groups excluding carboxylic acids is 1. The van der Waals surface area contributed by atoms with Gasteiger partial charge in [-0.2, -0.15) is 0 Å². The Hall–Kier alpha value is -1.30. The van der Waals surface area contributed by atoms with Crippen LogP contribution in [0.4, 0.5) is 0 Å². The molecule has 1 fully saturated rings. The highest BCUT2D eigenvalue weighted by molar-refractivity contribution is 6.35. The van der Waals surface area contributed by atoms with Crippen molar-refractivity contribution in [2.24, 2.45) is 0 Å². The highest BCUT2D eigenvalue weighted by Gasteiger charge is 2.44. The van der Waals surface area contributed by atoms with Gasteiger partial charge in [-0.3, -0.25) is 0 Å². The van der Waals surface area contributed by atoms with Crippen LogP contribution in [0.1, 0.15) is 43.8 Å². The Labute approximate surface area is 137 Å². The highest BCUT2D eigenvalue weighted by atomic mass is 35.5. The molecule has 7 heteroatoms. The number of hydrogen-bond donors (Lipinski definition) is 2. The molecule has 1 aromatic carbocycles. The molecule has 0 heterocycles. The van der Waals surface area contributed by atoms with Gasteiger partial charge in [0.15, 0.2) is 6.10 Å². The minimum absolute atomic E-state index is 0.116. The van der Waals surface area contributed by atoms with Gasteiger partial charge < -0.3 is 14.9 Å². The number of ether oxygens (including phenoxy) is 1. The number of carbonyl (C=O) groups is 2. The summed E-state index contributed by atoms with van der Waals surface area (Å²) in [6.07, 6.45) is 1.07. The first-order valence-electron chi connectivity index (χ1n) is 6.95. The Kier molecular flexibility index (Phi) is 5.32. The van der Waals surface area contributed by atoms with Crippen molar-refractivity contribution in [2.75, 3.05) is 0 Å². The Morgan fingerprint density at radius 2 is 1.82 bits per heavy atom. The van der Waals surface area contributed by atoms with Crippen LogP contribution in [0.5, 0.6) is 0 Å². The second kappa shape index (κ2) is 6.86. The molecule has 2 N–H and O–H groups in total. The summed E-state index contributed by atoms with van der Waals surface area (Å²) in [5.74, 6) is -2.21. The number of carboxylic acid groups (broad SMARTS) is 1. The normalized spacial score (nSPS) is 18.5. The van der Waals surface area contributed by atoms with E-state index in [1.165, 1.54) is 18.2 Å². The number of rotatable bonds is 4. The lowest BCUT2D eigenvalue weighted by Crippen LogP contribution is -2.45. The number of aliphatic hydroxyl groups is 1. The average molecular weight is 347 g/mol. The SMILES string of the molecule is O=C(OC1(C(=O)O)CCCCC1)C(O)c1ccc(Cl)cc1Cl. The van der Waals surface area contributed by atoms with Crippen LogP contribution in [0.15, 0.2) is 18.2 Å². The van der Waals surface area contributed by atoms with Crippen molar-refractivity contribution in [1.29, 1.82) is 0 Å². The van der Waals surface area contributed by atoms with Crippen molar-refractivity contribution >= 4 is 35.1 Å². The molecule has 120 valence electrons. The van der Waals surface area contributed by atoms with Crippen molar-refractivity contribution in [1.82, 2.24) is 0 Å². The van der Waals surface area contributed by atoms with Gasteiger partial charge in [0.25, 0.3) is 0 Å². The fourth-order valence-electron chi connectivity index (χ4n) is 2.58. The summed E-state index contributed by atoms with van der Waals surface area (Å²) in [7, 11) is 0. The second-order valence-corrected chi connectivity index (χ2v) is 6.19. The average Bonchev–Trinajstić information content (AvgIpc) is 2.47. The molecular weight excluding hydrogens is 331 g/mol. The predicted octanol–water partition coefficient (Wildman–Crippen LogP) is 3.36. The zero-order valence-corrected chi connectivity index (χ0v) is 13.2. The minimum Gasteiger partial charge on any atom is -0.478 e. The number of aliphatic hydroxyl groups excluding tert-OH is 1. The maximum atomic E-state index is 12.1. The van der Waals surface area contributed by atoms with Crippen LogP contribution in [0, 0.1) is 0 Å². The molecule has 0 saturated heterocycles. The fraction of sp³-hybridized carbons (Fsp3) is 0.467. The fourth-order valence-corrected chi connectivity index (χ4v) is 3.09. The van der Waals surface area contributed by atoms with E-state index in [4.69, 9.17) is 27.9 Å². The van der Waals surface area contributed by atoms with E-state index in [1.807, 2.05) is 0 Å². The Morgan fingerprint density at radius 1 is 1.18 bits per heavy atom. The summed E-state index contributed by atoms with van der Waals surface area (Å²) in [6.45, 7) is 0. The zero-order valence-electron chi connectivity index (χ0n) is 11.7. The van der Waals surface area contributed by atoms with Crippen LogP contribution in [0.25, 0.3) is 0 Å². The molecule has 2 rings (SSSR count). The maximum absolute atomic E-state index is 12.1. The summed E-state index contributed by atoms with van der Waals surface area (Å²) in [5, 5.41) is 20.0. The van der Waals surface area contributed by atoms with E-state index in [-0.39, 0.29) is 23.4 Å². The molecular formula is C15H16Cl2O5. The van der Waals surface area contributed by atoms with Crippen molar-refractivity contribution < 1.29 is 24.5 Å². The number of halogens is 2. The third kappa shape index (κ3) is 3.54. The standard InChI is InChI=1S/C15H16Cl2O5/c16-9-4-5-10(11(17)8-9)12(18)13(19)22-15(14(20)21)6-2-1-3-7-15/h4-5,8,12,18H,1-3,6-7H2,(H,20,21). The van der Waals surface area contributed by atoms with E-state index in [0.717, 1.165) is 6.42 Å². The summed E-state index contributed by atoms with van der Waals surface area (Å²) in [5.41, 5.74) is -1.43. The Morgan fingerprint density at radius 3 is 2.36 bits per heavy atom. The van der Waals surface area contributed by atoms with Crippen LogP contribution < -0.4 is 0 Å². The van der Waals surface area contributed by atoms with E-state index in [0.29, 0.717) is 17.9 Å². The van der Waals surface area contributed by atoms with Crippen LogP contribution in [0.2, 0.25) is 10.0 Å².